The molecule has 3 aromatic heterocycles. The second-order valence-corrected chi connectivity index (χ2v) is 7.11. The number of pyridine rings is 1. The minimum atomic E-state index is -4.60. The molecule has 0 radical (unpaired) electrons. The van der Waals surface area contributed by atoms with Crippen molar-refractivity contribution in [2.45, 2.75) is 38.8 Å². The molecule has 0 aliphatic heterocycles. The molecule has 0 unspecified atom stereocenters. The lowest BCUT2D eigenvalue weighted by Gasteiger charge is -2.22. The van der Waals surface area contributed by atoms with E-state index in [4.69, 9.17) is 0 Å². The number of hydrogen-bond donors (Lipinski definition) is 2. The van der Waals surface area contributed by atoms with Crippen molar-refractivity contribution < 1.29 is 17.6 Å². The highest BCUT2D eigenvalue weighted by atomic mass is 19.4. The Morgan fingerprint density at radius 2 is 1.79 bits per heavy atom. The van der Waals surface area contributed by atoms with E-state index in [1.165, 1.54) is 6.07 Å². The molecule has 5 nitrogen and oxygen atoms in total. The van der Waals surface area contributed by atoms with E-state index >= 15 is 0 Å². The van der Waals surface area contributed by atoms with Crippen LogP contribution in [0, 0.1) is 12.7 Å². The summed E-state index contributed by atoms with van der Waals surface area (Å²) in [7, 11) is 0. The first-order valence-corrected chi connectivity index (χ1v) is 8.96. The van der Waals surface area contributed by atoms with Crippen LogP contribution in [0.15, 0.2) is 12.3 Å². The molecule has 1 aliphatic rings. The summed E-state index contributed by atoms with van der Waals surface area (Å²) in [6.07, 6.45) is -0.513. The molecule has 0 fully saturated rings. The number of hydrogen-bond acceptors (Lipinski definition) is 3. The molecule has 2 N–H and O–H groups in total. The van der Waals surface area contributed by atoms with Gasteiger partial charge in [0.05, 0.1) is 23.0 Å². The van der Waals surface area contributed by atoms with Crippen molar-refractivity contribution in [2.24, 2.45) is 0 Å². The molecule has 0 saturated heterocycles. The fourth-order valence-corrected chi connectivity index (χ4v) is 4.22. The highest BCUT2D eigenvalue weighted by Gasteiger charge is 2.37. The zero-order valence-corrected chi connectivity index (χ0v) is 14.8. The summed E-state index contributed by atoms with van der Waals surface area (Å²) in [6.45, 7) is 1.84. The van der Waals surface area contributed by atoms with Gasteiger partial charge in [0.25, 0.3) is 0 Å². The van der Waals surface area contributed by atoms with E-state index in [0.717, 1.165) is 41.2 Å². The first-order valence-electron chi connectivity index (χ1n) is 8.96. The average Bonchev–Trinajstić information content (AvgIpc) is 3.28. The molecule has 28 heavy (non-hydrogen) atoms. The van der Waals surface area contributed by atoms with Crippen LogP contribution >= 0.6 is 0 Å². The molecule has 0 atom stereocenters. The Hall–Kier alpha value is -2.97. The lowest BCUT2D eigenvalue weighted by Crippen LogP contribution is -2.12. The topological polar surface area (TPSA) is 70.2 Å². The van der Waals surface area contributed by atoms with Crippen LogP contribution < -0.4 is 0 Å². The van der Waals surface area contributed by atoms with E-state index in [2.05, 4.69) is 20.3 Å². The van der Waals surface area contributed by atoms with Crippen molar-refractivity contribution in [1.82, 2.24) is 25.4 Å². The first kappa shape index (κ1) is 17.2. The van der Waals surface area contributed by atoms with Gasteiger partial charge in [0.15, 0.2) is 5.82 Å². The number of aromatic amines is 2. The van der Waals surface area contributed by atoms with E-state index < -0.39 is 17.7 Å². The summed E-state index contributed by atoms with van der Waals surface area (Å²) in [5.41, 5.74) is 1.98. The highest BCUT2D eigenvalue weighted by Crippen LogP contribution is 2.42. The summed E-state index contributed by atoms with van der Waals surface area (Å²) in [4.78, 5) is 4.40. The number of H-pyrrole nitrogens is 2. The van der Waals surface area contributed by atoms with Gasteiger partial charge in [-0.05, 0) is 43.7 Å². The normalized spacial score (nSPS) is 14.8. The van der Waals surface area contributed by atoms with Crippen molar-refractivity contribution in [3.8, 4) is 11.3 Å². The van der Waals surface area contributed by atoms with Gasteiger partial charge in [0, 0.05) is 22.5 Å². The Morgan fingerprint density at radius 3 is 2.54 bits per heavy atom. The summed E-state index contributed by atoms with van der Waals surface area (Å²) < 4.78 is 55.2. The number of rotatable bonds is 1. The number of nitrogens with one attached hydrogen (secondary N) is 2. The second kappa shape index (κ2) is 5.76. The van der Waals surface area contributed by atoms with Crippen molar-refractivity contribution in [3.63, 3.8) is 0 Å². The molecular formula is C19H15F4N5. The van der Waals surface area contributed by atoms with Gasteiger partial charge in [0.1, 0.15) is 11.2 Å². The van der Waals surface area contributed by atoms with Crippen LogP contribution in [0.2, 0.25) is 0 Å². The van der Waals surface area contributed by atoms with Crippen LogP contribution in [0.5, 0.6) is 0 Å². The third-order valence-corrected chi connectivity index (χ3v) is 5.41. The highest BCUT2D eigenvalue weighted by molar-refractivity contribution is 6.09. The number of nitrogens with zero attached hydrogens (tertiary/aromatic N) is 3. The molecule has 1 aliphatic carbocycles. The monoisotopic (exact) mass is 389 g/mol. The van der Waals surface area contributed by atoms with E-state index in [9.17, 15) is 17.6 Å². The Kier molecular flexibility index (Phi) is 3.53. The molecule has 5 rings (SSSR count). The van der Waals surface area contributed by atoms with E-state index in [1.54, 1.807) is 0 Å². The summed E-state index contributed by atoms with van der Waals surface area (Å²) in [5, 5.41) is 14.0. The average molecular weight is 389 g/mol. The lowest BCUT2D eigenvalue weighted by atomic mass is 9.85. The Balaban J connectivity index is 1.93. The third kappa shape index (κ3) is 2.35. The van der Waals surface area contributed by atoms with Crippen molar-refractivity contribution in [2.75, 3.05) is 0 Å². The lowest BCUT2D eigenvalue weighted by molar-refractivity contribution is -0.140. The number of aromatic nitrogens is 5. The fourth-order valence-electron chi connectivity index (χ4n) is 4.22. The maximum absolute atomic E-state index is 14.9. The van der Waals surface area contributed by atoms with Crippen LogP contribution in [0.25, 0.3) is 33.1 Å². The minimum Gasteiger partial charge on any atom is -0.282 e. The molecule has 144 valence electrons. The molecule has 3 heterocycles. The van der Waals surface area contributed by atoms with Crippen LogP contribution in [-0.4, -0.2) is 25.4 Å². The SMILES string of the molecule is Cc1[nH]nc2cc(F)c3nc(-c4cn[nH]c4C(F)(F)F)c4c(c3c12)CCCC4. The standard InChI is InChI=1S/C19H15F4N5/c1-8-14-13(27-26-8)6-12(20)17-15(14)9-4-2-3-5-10(9)16(25-17)11-7-24-28-18(11)19(21,22)23/h6-7H,2-5H2,1H3,(H,24,28)(H,26,27). The maximum Gasteiger partial charge on any atom is 0.433 e. The third-order valence-electron chi connectivity index (χ3n) is 5.41. The largest absolute Gasteiger partial charge is 0.433 e. The molecule has 0 saturated carbocycles. The van der Waals surface area contributed by atoms with Crippen molar-refractivity contribution in [3.05, 3.63) is 40.6 Å². The van der Waals surface area contributed by atoms with Gasteiger partial charge < -0.3 is 0 Å². The predicted molar refractivity (Wildman–Crippen MR) is 95.3 cm³/mol. The molecule has 0 spiro atoms. The molecule has 0 amide bonds. The van der Waals surface area contributed by atoms with Gasteiger partial charge >= 0.3 is 6.18 Å². The molecule has 4 aromatic rings. The number of fused-ring (bicyclic) bond motifs is 5. The number of alkyl halides is 3. The smallest absolute Gasteiger partial charge is 0.282 e. The Morgan fingerprint density at radius 1 is 1.04 bits per heavy atom. The molecule has 0 bridgehead atoms. The number of aryl methyl sites for hydroxylation is 2. The molecular weight excluding hydrogens is 374 g/mol. The Bertz CT molecular complexity index is 1240. The van der Waals surface area contributed by atoms with Gasteiger partial charge in [-0.1, -0.05) is 0 Å². The number of halogens is 4. The van der Waals surface area contributed by atoms with Gasteiger partial charge in [0.2, 0.25) is 0 Å². The van der Waals surface area contributed by atoms with Crippen LogP contribution in [0.3, 0.4) is 0 Å². The molecule has 9 heteroatoms. The Labute approximate surface area is 156 Å². The van der Waals surface area contributed by atoms with E-state index in [-0.39, 0.29) is 16.8 Å². The van der Waals surface area contributed by atoms with E-state index in [0.29, 0.717) is 23.7 Å². The predicted octanol–water partition coefficient (Wildman–Crippen LogP) is 4.85. The first-order chi connectivity index (χ1) is 13.4. The van der Waals surface area contributed by atoms with Crippen LogP contribution in [0.1, 0.15) is 35.4 Å². The zero-order chi connectivity index (χ0) is 19.6. The van der Waals surface area contributed by atoms with Gasteiger partial charge in [-0.15, -0.1) is 0 Å². The quantitative estimate of drug-likeness (QED) is 0.458. The van der Waals surface area contributed by atoms with Crippen molar-refractivity contribution in [1.29, 1.82) is 0 Å². The van der Waals surface area contributed by atoms with Gasteiger partial charge in [-0.3, -0.25) is 10.2 Å². The maximum atomic E-state index is 14.9. The summed E-state index contributed by atoms with van der Waals surface area (Å²) in [5.74, 6) is -0.597. The minimum absolute atomic E-state index is 0.0713. The van der Waals surface area contributed by atoms with Gasteiger partial charge in [-0.2, -0.15) is 23.4 Å². The zero-order valence-electron chi connectivity index (χ0n) is 14.8. The second-order valence-electron chi connectivity index (χ2n) is 7.11. The van der Waals surface area contributed by atoms with E-state index in [1.807, 2.05) is 12.0 Å². The van der Waals surface area contributed by atoms with Gasteiger partial charge in [-0.25, -0.2) is 9.37 Å². The fraction of sp³-hybridized carbons (Fsp3) is 0.316. The number of benzene rings is 1. The van der Waals surface area contributed by atoms with Crippen molar-refractivity contribution >= 4 is 21.8 Å². The molecule has 1 aromatic carbocycles. The summed E-state index contributed by atoms with van der Waals surface area (Å²) in [6, 6.07) is 1.27. The summed E-state index contributed by atoms with van der Waals surface area (Å²) >= 11 is 0. The van der Waals surface area contributed by atoms with Crippen LogP contribution in [0.4, 0.5) is 17.6 Å². The van der Waals surface area contributed by atoms with Crippen LogP contribution in [-0.2, 0) is 19.0 Å².